The molecule has 3 aromatic rings. The molecule has 0 bridgehead atoms. The summed E-state index contributed by atoms with van der Waals surface area (Å²) in [7, 11) is 1.67. The fourth-order valence-corrected chi connectivity index (χ4v) is 5.52. The molecule has 11 heteroatoms. The van der Waals surface area contributed by atoms with Crippen molar-refractivity contribution in [3.05, 3.63) is 62.8 Å². The van der Waals surface area contributed by atoms with Gasteiger partial charge >= 0.3 is 0 Å². The molecule has 4 rings (SSSR count). The molecule has 0 saturated heterocycles. The number of halogens is 1. The zero-order valence-electron chi connectivity index (χ0n) is 20.8. The fraction of sp³-hybridized carbons (Fsp3) is 0.400. The highest BCUT2D eigenvalue weighted by Crippen LogP contribution is 2.35. The van der Waals surface area contributed by atoms with Gasteiger partial charge in [0.05, 0.1) is 12.1 Å². The molecule has 0 spiro atoms. The number of carbonyl (C=O) groups is 2. The highest BCUT2D eigenvalue weighted by Gasteiger charge is 2.50. The average Bonchev–Trinajstić information content (AvgIpc) is 3.29. The van der Waals surface area contributed by atoms with Crippen LogP contribution in [-0.2, 0) is 17.8 Å². The molecule has 0 radical (unpaired) electrons. The molecule has 1 aliphatic heterocycles. The van der Waals surface area contributed by atoms with Gasteiger partial charge < -0.3 is 19.5 Å². The fourth-order valence-electron chi connectivity index (χ4n) is 4.64. The molecule has 1 N–H and O–H groups in total. The van der Waals surface area contributed by atoms with Crippen molar-refractivity contribution in [2.45, 2.75) is 52.2 Å². The summed E-state index contributed by atoms with van der Waals surface area (Å²) in [6.07, 6.45) is 1.86. The van der Waals surface area contributed by atoms with Crippen molar-refractivity contribution in [2.75, 3.05) is 13.6 Å². The molecule has 1 aromatic carbocycles. The van der Waals surface area contributed by atoms with Crippen LogP contribution < -0.4 is 5.43 Å². The van der Waals surface area contributed by atoms with Gasteiger partial charge in [-0.15, -0.1) is 10.2 Å². The van der Waals surface area contributed by atoms with Gasteiger partial charge in [0.15, 0.2) is 16.5 Å². The lowest BCUT2D eigenvalue weighted by Crippen LogP contribution is -2.66. The summed E-state index contributed by atoms with van der Waals surface area (Å²) in [5.41, 5.74) is -1.20. The van der Waals surface area contributed by atoms with E-state index in [4.69, 9.17) is 0 Å². The normalized spacial score (nSPS) is 17.4. The van der Waals surface area contributed by atoms with Crippen molar-refractivity contribution in [3.63, 3.8) is 0 Å². The standard InChI is InChI=1S/C25H28FN5O4S/c1-6-29(5)24(35)25(4)13-30-12-17(20(32)21(33)19(30)23(34)31(25)14(2)3)22-28-27-18(36-22)11-15-7-9-16(26)10-8-15/h7-10,12,14,33H,6,11,13H2,1-5H3/t25-/m0/s1. The van der Waals surface area contributed by atoms with Crippen molar-refractivity contribution in [1.29, 1.82) is 0 Å². The van der Waals surface area contributed by atoms with Crippen LogP contribution >= 0.6 is 11.3 Å². The number of carbonyl (C=O) groups excluding carboxylic acids is 2. The quantitative estimate of drug-likeness (QED) is 0.543. The molecule has 1 atom stereocenters. The Balaban J connectivity index is 1.77. The highest BCUT2D eigenvalue weighted by atomic mass is 32.1. The minimum atomic E-state index is -1.23. The number of likely N-dealkylation sites (N-methyl/N-ethyl adjacent to an activating group) is 1. The minimum absolute atomic E-state index is 0.0531. The van der Waals surface area contributed by atoms with Gasteiger partial charge in [-0.3, -0.25) is 14.4 Å². The first kappa shape index (κ1) is 25.5. The smallest absolute Gasteiger partial charge is 0.275 e. The summed E-state index contributed by atoms with van der Waals surface area (Å²) in [5, 5.41) is 20.0. The van der Waals surface area contributed by atoms with Gasteiger partial charge in [0.1, 0.15) is 16.4 Å². The van der Waals surface area contributed by atoms with E-state index in [1.165, 1.54) is 39.1 Å². The van der Waals surface area contributed by atoms with Crippen molar-refractivity contribution in [1.82, 2.24) is 24.6 Å². The Kier molecular flexibility index (Phi) is 6.70. The lowest BCUT2D eigenvalue weighted by atomic mass is 9.91. The summed E-state index contributed by atoms with van der Waals surface area (Å²) in [5.74, 6) is -1.85. The molecular formula is C25H28FN5O4S. The third-order valence-electron chi connectivity index (χ3n) is 6.45. The second-order valence-corrected chi connectivity index (χ2v) is 10.4. The van der Waals surface area contributed by atoms with Gasteiger partial charge in [0.25, 0.3) is 5.91 Å². The summed E-state index contributed by atoms with van der Waals surface area (Å²) < 4.78 is 14.7. The molecule has 0 unspecified atom stereocenters. The van der Waals surface area contributed by atoms with Crippen LogP contribution in [0.3, 0.4) is 0 Å². The van der Waals surface area contributed by atoms with E-state index in [0.29, 0.717) is 18.0 Å². The number of amides is 2. The van der Waals surface area contributed by atoms with Crippen molar-refractivity contribution in [2.24, 2.45) is 0 Å². The van der Waals surface area contributed by atoms with Crippen molar-refractivity contribution < 1.29 is 19.1 Å². The van der Waals surface area contributed by atoms with E-state index in [2.05, 4.69) is 10.2 Å². The Bertz CT molecular complexity index is 1380. The van der Waals surface area contributed by atoms with E-state index in [-0.39, 0.29) is 40.6 Å². The number of aromatic nitrogens is 3. The number of benzene rings is 1. The number of aromatic hydroxyl groups is 1. The van der Waals surface area contributed by atoms with E-state index in [1.807, 2.05) is 6.92 Å². The molecule has 9 nitrogen and oxygen atoms in total. The van der Waals surface area contributed by atoms with E-state index in [0.717, 1.165) is 5.56 Å². The number of pyridine rings is 1. The van der Waals surface area contributed by atoms with Gasteiger partial charge in [0.2, 0.25) is 11.3 Å². The first-order chi connectivity index (χ1) is 17.0. The predicted octanol–water partition coefficient (Wildman–Crippen LogP) is 2.90. The average molecular weight is 514 g/mol. The monoisotopic (exact) mass is 513 g/mol. The number of nitrogens with zero attached hydrogens (tertiary/aromatic N) is 5. The van der Waals surface area contributed by atoms with Crippen LogP contribution in [0.2, 0.25) is 0 Å². The molecule has 2 aromatic heterocycles. The molecule has 190 valence electrons. The van der Waals surface area contributed by atoms with Crippen LogP contribution in [0.4, 0.5) is 4.39 Å². The minimum Gasteiger partial charge on any atom is -0.503 e. The predicted molar refractivity (Wildman–Crippen MR) is 133 cm³/mol. The van der Waals surface area contributed by atoms with Gasteiger partial charge in [-0.25, -0.2) is 4.39 Å². The van der Waals surface area contributed by atoms with Crippen LogP contribution in [-0.4, -0.2) is 66.7 Å². The SMILES string of the molecule is CCN(C)C(=O)[C@]1(C)Cn2cc(-c3nnc(Cc4ccc(F)cc4)s3)c(=O)c(O)c2C(=O)N1C(C)C. The Morgan fingerprint density at radius 3 is 2.53 bits per heavy atom. The van der Waals surface area contributed by atoms with E-state index >= 15 is 0 Å². The molecule has 36 heavy (non-hydrogen) atoms. The number of rotatable bonds is 6. The third-order valence-corrected chi connectivity index (χ3v) is 7.41. The van der Waals surface area contributed by atoms with Gasteiger partial charge in [-0.2, -0.15) is 0 Å². The van der Waals surface area contributed by atoms with Crippen molar-refractivity contribution in [3.8, 4) is 16.3 Å². The zero-order valence-corrected chi connectivity index (χ0v) is 21.6. The van der Waals surface area contributed by atoms with Crippen LogP contribution in [0.1, 0.15) is 48.8 Å². The van der Waals surface area contributed by atoms with E-state index in [9.17, 15) is 23.9 Å². The molecule has 1 aliphatic rings. The Labute approximate surface area is 211 Å². The number of hydrogen-bond donors (Lipinski definition) is 1. The lowest BCUT2D eigenvalue weighted by Gasteiger charge is -2.48. The van der Waals surface area contributed by atoms with Gasteiger partial charge in [-0.1, -0.05) is 23.5 Å². The van der Waals surface area contributed by atoms with E-state index < -0.39 is 22.6 Å². The third kappa shape index (κ3) is 4.27. The first-order valence-electron chi connectivity index (χ1n) is 11.6. The van der Waals surface area contributed by atoms with Crippen LogP contribution in [0.25, 0.3) is 10.6 Å². The molecular weight excluding hydrogens is 485 g/mol. The molecule has 3 heterocycles. The van der Waals surface area contributed by atoms with Crippen LogP contribution in [0.5, 0.6) is 5.75 Å². The second-order valence-electron chi connectivity index (χ2n) is 9.36. The molecule has 0 saturated carbocycles. The zero-order chi connectivity index (χ0) is 26.4. The largest absolute Gasteiger partial charge is 0.503 e. The maximum Gasteiger partial charge on any atom is 0.275 e. The maximum absolute atomic E-state index is 13.5. The Morgan fingerprint density at radius 1 is 1.25 bits per heavy atom. The summed E-state index contributed by atoms with van der Waals surface area (Å²) >= 11 is 1.17. The second kappa shape index (κ2) is 9.45. The number of hydrogen-bond acceptors (Lipinski definition) is 7. The topological polar surface area (TPSA) is 109 Å². The highest BCUT2D eigenvalue weighted by molar-refractivity contribution is 7.14. The first-order valence-corrected chi connectivity index (χ1v) is 12.4. The maximum atomic E-state index is 13.5. The molecule has 0 aliphatic carbocycles. The van der Waals surface area contributed by atoms with E-state index in [1.54, 1.807) is 44.9 Å². The summed E-state index contributed by atoms with van der Waals surface area (Å²) in [4.78, 5) is 43.0. The van der Waals surface area contributed by atoms with Gasteiger partial charge in [-0.05, 0) is 45.4 Å². The van der Waals surface area contributed by atoms with Crippen LogP contribution in [0, 0.1) is 5.82 Å². The number of fused-ring (bicyclic) bond motifs is 1. The summed E-state index contributed by atoms with van der Waals surface area (Å²) in [6.45, 7) is 7.64. The Morgan fingerprint density at radius 2 is 1.92 bits per heavy atom. The van der Waals surface area contributed by atoms with Crippen LogP contribution in [0.15, 0.2) is 35.3 Å². The molecule has 0 fully saturated rings. The van der Waals surface area contributed by atoms with Gasteiger partial charge in [0, 0.05) is 32.3 Å². The van der Waals surface area contributed by atoms with Crippen molar-refractivity contribution >= 4 is 23.2 Å². The summed E-state index contributed by atoms with van der Waals surface area (Å²) in [6, 6.07) is 5.66. The lowest BCUT2D eigenvalue weighted by molar-refractivity contribution is -0.143. The molecule has 2 amide bonds. The Hall–Kier alpha value is -3.60.